The first-order valence-electron chi connectivity index (χ1n) is 8.27. The Morgan fingerprint density at radius 3 is 3.00 bits per heavy atom. The summed E-state index contributed by atoms with van der Waals surface area (Å²) in [6, 6.07) is 4.33. The van der Waals surface area contributed by atoms with Gasteiger partial charge in [-0.25, -0.2) is 9.18 Å². The third kappa shape index (κ3) is 3.55. The molecule has 7 heteroatoms. The van der Waals surface area contributed by atoms with Crippen LogP contribution in [0.5, 0.6) is 0 Å². The normalized spacial score (nSPS) is 17.8. The van der Waals surface area contributed by atoms with Gasteiger partial charge >= 0.3 is 6.03 Å². The van der Waals surface area contributed by atoms with Crippen molar-refractivity contribution in [2.24, 2.45) is 0 Å². The number of likely N-dealkylation sites (tertiary alicyclic amines) is 1. The van der Waals surface area contributed by atoms with Gasteiger partial charge in [-0.1, -0.05) is 0 Å². The fourth-order valence-electron chi connectivity index (χ4n) is 3.21. The molecule has 2 amide bonds. The van der Waals surface area contributed by atoms with Crippen molar-refractivity contribution in [3.63, 3.8) is 0 Å². The number of aryl methyl sites for hydroxylation is 2. The number of carbonyl (C=O) groups is 1. The average molecular weight is 331 g/mol. The Kier molecular flexibility index (Phi) is 4.78. The number of rotatable bonds is 3. The van der Waals surface area contributed by atoms with E-state index in [-0.39, 0.29) is 17.8 Å². The summed E-state index contributed by atoms with van der Waals surface area (Å²) in [5.74, 6) is 0.760. The van der Waals surface area contributed by atoms with Crippen molar-refractivity contribution < 1.29 is 9.18 Å². The van der Waals surface area contributed by atoms with Gasteiger partial charge in [0.25, 0.3) is 0 Å². The van der Waals surface area contributed by atoms with E-state index in [4.69, 9.17) is 0 Å². The maximum absolute atomic E-state index is 13.5. The number of amides is 2. The Balaban J connectivity index is 1.69. The molecule has 1 atom stereocenters. The van der Waals surface area contributed by atoms with Crippen LogP contribution in [-0.4, -0.2) is 38.8 Å². The topological polar surface area (TPSA) is 63.1 Å². The van der Waals surface area contributed by atoms with Gasteiger partial charge in [0.05, 0.1) is 0 Å². The third-order valence-corrected chi connectivity index (χ3v) is 4.35. The molecule has 0 spiro atoms. The van der Waals surface area contributed by atoms with Crippen molar-refractivity contribution in [2.45, 2.75) is 39.2 Å². The molecule has 0 unspecified atom stereocenters. The van der Waals surface area contributed by atoms with Gasteiger partial charge in [0.1, 0.15) is 18.0 Å². The summed E-state index contributed by atoms with van der Waals surface area (Å²) in [4.78, 5) is 14.3. The van der Waals surface area contributed by atoms with Crippen LogP contribution in [0.2, 0.25) is 0 Å². The van der Waals surface area contributed by atoms with Crippen molar-refractivity contribution in [3.8, 4) is 0 Å². The lowest BCUT2D eigenvalue weighted by atomic mass is 9.97. The second-order valence-electron chi connectivity index (χ2n) is 6.21. The quantitative estimate of drug-likeness (QED) is 0.940. The summed E-state index contributed by atoms with van der Waals surface area (Å²) in [5.41, 5.74) is 1.26. The maximum Gasteiger partial charge on any atom is 0.321 e. The maximum atomic E-state index is 13.5. The van der Waals surface area contributed by atoms with E-state index in [0.29, 0.717) is 18.8 Å². The monoisotopic (exact) mass is 331 g/mol. The molecule has 1 fully saturated rings. The standard InChI is InChI=1S/C17H22FN5O/c1-3-22-11-19-21-16(22)13-5-4-6-23(10-13)17(24)20-15-8-12(2)7-14(18)9-15/h7-9,11,13H,3-6,10H2,1-2H3,(H,20,24)/t13-/m1/s1. The van der Waals surface area contributed by atoms with Crippen LogP contribution >= 0.6 is 0 Å². The molecule has 0 radical (unpaired) electrons. The van der Waals surface area contributed by atoms with Crippen LogP contribution in [0.25, 0.3) is 0 Å². The van der Waals surface area contributed by atoms with Crippen LogP contribution in [0.1, 0.15) is 37.1 Å². The number of nitrogens with one attached hydrogen (secondary N) is 1. The smallest absolute Gasteiger partial charge is 0.321 e. The largest absolute Gasteiger partial charge is 0.324 e. The number of carbonyl (C=O) groups excluding carboxylic acids is 1. The summed E-state index contributed by atoms with van der Waals surface area (Å²) < 4.78 is 15.5. The molecule has 2 heterocycles. The van der Waals surface area contributed by atoms with Crippen molar-refractivity contribution in [2.75, 3.05) is 18.4 Å². The lowest BCUT2D eigenvalue weighted by Gasteiger charge is -2.32. The van der Waals surface area contributed by atoms with E-state index in [1.807, 2.05) is 11.5 Å². The first-order valence-corrected chi connectivity index (χ1v) is 8.27. The predicted molar refractivity (Wildman–Crippen MR) is 89.4 cm³/mol. The van der Waals surface area contributed by atoms with Crippen LogP contribution in [0.3, 0.4) is 0 Å². The Morgan fingerprint density at radius 2 is 2.25 bits per heavy atom. The molecular weight excluding hydrogens is 309 g/mol. The molecule has 1 N–H and O–H groups in total. The molecule has 128 valence electrons. The number of hydrogen-bond donors (Lipinski definition) is 1. The van der Waals surface area contributed by atoms with Crippen LogP contribution in [0.15, 0.2) is 24.5 Å². The molecule has 24 heavy (non-hydrogen) atoms. The Labute approximate surface area is 140 Å². The molecule has 1 aromatic heterocycles. The number of nitrogens with zero attached hydrogens (tertiary/aromatic N) is 4. The van der Waals surface area contributed by atoms with E-state index in [9.17, 15) is 9.18 Å². The predicted octanol–water partition coefficient (Wildman–Crippen LogP) is 3.16. The molecule has 2 aromatic rings. The fraction of sp³-hybridized carbons (Fsp3) is 0.471. The fourth-order valence-corrected chi connectivity index (χ4v) is 3.21. The van der Waals surface area contributed by atoms with Gasteiger partial charge in [-0.15, -0.1) is 10.2 Å². The van der Waals surface area contributed by atoms with Gasteiger partial charge in [0.15, 0.2) is 0 Å². The molecule has 0 saturated carbocycles. The van der Waals surface area contributed by atoms with E-state index in [1.165, 1.54) is 12.1 Å². The Hall–Kier alpha value is -2.44. The molecule has 0 aliphatic carbocycles. The number of aromatic nitrogens is 3. The van der Waals surface area contributed by atoms with Gasteiger partial charge < -0.3 is 14.8 Å². The van der Waals surface area contributed by atoms with Crippen molar-refractivity contribution in [1.29, 1.82) is 0 Å². The SMILES string of the molecule is CCn1cnnc1[C@@H]1CCCN(C(=O)Nc2cc(C)cc(F)c2)C1. The average Bonchev–Trinajstić information content (AvgIpc) is 3.02. The van der Waals surface area contributed by atoms with E-state index in [2.05, 4.69) is 15.5 Å². The van der Waals surface area contributed by atoms with Crippen molar-refractivity contribution >= 4 is 11.7 Å². The Bertz CT molecular complexity index is 709. The highest BCUT2D eigenvalue weighted by atomic mass is 19.1. The lowest BCUT2D eigenvalue weighted by Crippen LogP contribution is -2.42. The molecule has 3 rings (SSSR count). The molecule has 1 aliphatic rings. The molecule has 1 aliphatic heterocycles. The van der Waals surface area contributed by atoms with E-state index < -0.39 is 0 Å². The third-order valence-electron chi connectivity index (χ3n) is 4.35. The van der Waals surface area contributed by atoms with Gasteiger partial charge in [-0.05, 0) is 50.5 Å². The number of hydrogen-bond acceptors (Lipinski definition) is 3. The Morgan fingerprint density at radius 1 is 1.42 bits per heavy atom. The van der Waals surface area contributed by atoms with Gasteiger partial charge in [-0.3, -0.25) is 0 Å². The van der Waals surface area contributed by atoms with Gasteiger partial charge in [0, 0.05) is 31.2 Å². The molecule has 6 nitrogen and oxygen atoms in total. The number of urea groups is 1. The second kappa shape index (κ2) is 6.98. The lowest BCUT2D eigenvalue weighted by molar-refractivity contribution is 0.190. The van der Waals surface area contributed by atoms with Crippen LogP contribution in [0.4, 0.5) is 14.9 Å². The summed E-state index contributed by atoms with van der Waals surface area (Å²) in [5, 5.41) is 11.0. The zero-order chi connectivity index (χ0) is 17.1. The molecular formula is C17H22FN5O. The van der Waals surface area contributed by atoms with E-state index in [0.717, 1.165) is 30.8 Å². The number of halogens is 1. The van der Waals surface area contributed by atoms with Gasteiger partial charge in [0.2, 0.25) is 0 Å². The molecule has 1 aromatic carbocycles. The zero-order valence-electron chi connectivity index (χ0n) is 14.0. The minimum atomic E-state index is -0.349. The van der Waals surface area contributed by atoms with E-state index >= 15 is 0 Å². The minimum Gasteiger partial charge on any atom is -0.324 e. The summed E-state index contributed by atoms with van der Waals surface area (Å²) in [6.45, 7) is 5.95. The summed E-state index contributed by atoms with van der Waals surface area (Å²) in [6.07, 6.45) is 3.63. The van der Waals surface area contributed by atoms with Crippen molar-refractivity contribution in [1.82, 2.24) is 19.7 Å². The highest BCUT2D eigenvalue weighted by Crippen LogP contribution is 2.26. The van der Waals surface area contributed by atoms with Crippen LogP contribution in [-0.2, 0) is 6.54 Å². The molecule has 1 saturated heterocycles. The number of anilines is 1. The van der Waals surface area contributed by atoms with Crippen LogP contribution < -0.4 is 5.32 Å². The number of benzene rings is 1. The zero-order valence-corrected chi connectivity index (χ0v) is 14.0. The van der Waals surface area contributed by atoms with Crippen molar-refractivity contribution in [3.05, 3.63) is 41.7 Å². The highest BCUT2D eigenvalue weighted by molar-refractivity contribution is 5.89. The molecule has 0 bridgehead atoms. The second-order valence-corrected chi connectivity index (χ2v) is 6.21. The summed E-state index contributed by atoms with van der Waals surface area (Å²) >= 11 is 0. The van der Waals surface area contributed by atoms with E-state index in [1.54, 1.807) is 24.2 Å². The van der Waals surface area contributed by atoms with Crippen LogP contribution in [0, 0.1) is 12.7 Å². The first-order chi connectivity index (χ1) is 11.6. The van der Waals surface area contributed by atoms with Gasteiger partial charge in [-0.2, -0.15) is 0 Å². The minimum absolute atomic E-state index is 0.182. The first kappa shape index (κ1) is 16.4. The number of piperidine rings is 1. The summed E-state index contributed by atoms with van der Waals surface area (Å²) in [7, 11) is 0. The highest BCUT2D eigenvalue weighted by Gasteiger charge is 2.27.